The summed E-state index contributed by atoms with van der Waals surface area (Å²) in [6, 6.07) is 1.29. The summed E-state index contributed by atoms with van der Waals surface area (Å²) in [6.07, 6.45) is 3.19. The largest absolute Gasteiger partial charge is 0.470 e. The van der Waals surface area contributed by atoms with Crippen LogP contribution in [0.2, 0.25) is 0 Å². The lowest BCUT2D eigenvalue weighted by Gasteiger charge is -2.10. The zero-order valence-corrected chi connectivity index (χ0v) is 15.1. The van der Waals surface area contributed by atoms with Crippen LogP contribution in [0.15, 0.2) is 10.7 Å². The normalized spacial score (nSPS) is 12.1. The predicted molar refractivity (Wildman–Crippen MR) is 88.9 cm³/mol. The lowest BCUT2D eigenvalue weighted by molar-refractivity contribution is 0.565. The van der Waals surface area contributed by atoms with Gasteiger partial charge in [-0.25, -0.2) is 0 Å². The molecule has 0 saturated carbocycles. The fraction of sp³-hybridized carbons (Fsp3) is 0.611. The van der Waals surface area contributed by atoms with Crippen LogP contribution in [0.4, 0.5) is 0 Å². The Bertz CT molecular complexity index is 578. The fourth-order valence-corrected chi connectivity index (χ4v) is 6.79. The molecule has 0 saturated heterocycles. The molecule has 2 heteroatoms. The zero-order valence-electron chi connectivity index (χ0n) is 14.1. The zero-order chi connectivity index (χ0) is 15.0. The van der Waals surface area contributed by atoms with E-state index in [0.29, 0.717) is 0 Å². The van der Waals surface area contributed by atoms with Crippen LogP contribution in [0.5, 0.6) is 0 Å². The van der Waals surface area contributed by atoms with E-state index < -0.39 is 8.40 Å². The highest BCUT2D eigenvalue weighted by Crippen LogP contribution is 2.36. The predicted octanol–water partition coefficient (Wildman–Crippen LogP) is 5.19. The third-order valence-corrected chi connectivity index (χ3v) is 7.69. The van der Waals surface area contributed by atoms with Crippen molar-refractivity contribution in [2.24, 2.45) is 11.8 Å². The minimum Gasteiger partial charge on any atom is -0.470 e. The van der Waals surface area contributed by atoms with Crippen LogP contribution in [-0.2, 0) is 12.5 Å². The van der Waals surface area contributed by atoms with E-state index >= 15 is 0 Å². The molecule has 0 atom stereocenters. The summed E-state index contributed by atoms with van der Waals surface area (Å²) in [6.45, 7) is 16.0. The molecular formula is C18H28OSi. The molecule has 2 heterocycles. The topological polar surface area (TPSA) is 13.1 Å². The molecule has 2 aliphatic heterocycles. The molecule has 110 valence electrons. The van der Waals surface area contributed by atoms with Gasteiger partial charge in [-0.3, -0.25) is 0 Å². The molecule has 0 radical (unpaired) electrons. The van der Waals surface area contributed by atoms with Gasteiger partial charge in [0.05, 0.1) is 14.7 Å². The van der Waals surface area contributed by atoms with Gasteiger partial charge >= 0.3 is 0 Å². The Hall–Kier alpha value is -0.893. The van der Waals surface area contributed by atoms with Gasteiger partial charge in [-0.2, -0.15) is 0 Å². The summed E-state index contributed by atoms with van der Waals surface area (Å²) in [5.41, 5.74) is 5.66. The highest BCUT2D eigenvalue weighted by molar-refractivity contribution is 6.61. The van der Waals surface area contributed by atoms with Crippen molar-refractivity contribution in [3.63, 3.8) is 0 Å². The molecule has 2 aliphatic rings. The average molecular weight is 289 g/mol. The molecule has 0 N–H and O–H groups in total. The second-order valence-corrected chi connectivity index (χ2v) is 9.45. The van der Waals surface area contributed by atoms with Gasteiger partial charge in [0.15, 0.2) is 0 Å². The van der Waals surface area contributed by atoms with Crippen molar-refractivity contribution >= 4 is 8.40 Å². The quantitative estimate of drug-likeness (QED) is 0.706. The number of hydrogen-bond acceptors (Lipinski definition) is 1. The molecule has 1 nitrogen and oxygen atoms in total. The van der Waals surface area contributed by atoms with Crippen molar-refractivity contribution in [2.75, 3.05) is 0 Å². The van der Waals surface area contributed by atoms with Gasteiger partial charge < -0.3 is 4.42 Å². The third kappa shape index (κ3) is 2.76. The van der Waals surface area contributed by atoms with Crippen LogP contribution < -0.4 is 0 Å². The first kappa shape index (κ1) is 15.5. The summed E-state index contributed by atoms with van der Waals surface area (Å²) in [5.74, 6) is 1.46. The van der Waals surface area contributed by atoms with Gasteiger partial charge in [-0.15, -0.1) is 0 Å². The Labute approximate surface area is 125 Å². The Kier molecular flexibility index (Phi) is 4.53. The van der Waals surface area contributed by atoms with Gasteiger partial charge in [0.2, 0.25) is 0 Å². The monoisotopic (exact) mass is 288 g/mol. The van der Waals surface area contributed by atoms with Crippen molar-refractivity contribution in [2.45, 2.75) is 60.9 Å². The smallest absolute Gasteiger partial charge is 0.108 e. The molecule has 0 aromatic carbocycles. The van der Waals surface area contributed by atoms with Gasteiger partial charge in [0.25, 0.3) is 0 Å². The van der Waals surface area contributed by atoms with Crippen molar-refractivity contribution in [1.82, 2.24) is 0 Å². The maximum absolute atomic E-state index is 6.08. The van der Waals surface area contributed by atoms with Gasteiger partial charge in [-0.1, -0.05) is 32.9 Å². The van der Waals surface area contributed by atoms with Crippen molar-refractivity contribution < 1.29 is 4.42 Å². The van der Waals surface area contributed by atoms with Crippen LogP contribution in [-0.4, -0.2) is 8.40 Å². The molecule has 0 fully saturated rings. The Morgan fingerprint density at radius 3 is 2.20 bits per heavy atom. The molecule has 0 aromatic rings. The maximum Gasteiger partial charge on any atom is 0.108 e. The molecule has 0 bridgehead atoms. The number of hydrogen-bond donors (Lipinski definition) is 0. The second-order valence-electron chi connectivity index (χ2n) is 7.03. The van der Waals surface area contributed by atoms with E-state index in [-0.39, 0.29) is 0 Å². The Morgan fingerprint density at radius 2 is 1.65 bits per heavy atom. The van der Waals surface area contributed by atoms with Gasteiger partial charge in [0, 0.05) is 5.56 Å². The summed E-state index contributed by atoms with van der Waals surface area (Å²) >= 11 is 0. The molecule has 20 heavy (non-hydrogen) atoms. The minimum atomic E-state index is -0.676. The highest BCUT2D eigenvalue weighted by atomic mass is 28.2. The van der Waals surface area contributed by atoms with Crippen molar-refractivity contribution in [3.8, 4) is 10.9 Å². The van der Waals surface area contributed by atoms with Crippen LogP contribution in [0.1, 0.15) is 49.6 Å². The lowest BCUT2D eigenvalue weighted by atomic mass is 10.00. The Balaban J connectivity index is 2.69. The highest BCUT2D eigenvalue weighted by Gasteiger charge is 2.26. The molecule has 0 spiro atoms. The standard InChI is InChI=1S/C18H28OSi/c1-11(2)8-16-15(7)17-14(6)13(5)9-19-18(17)20(16)10-12(3)4/h9,11-12H,8,10H2,1-7H3. The molecular weight excluding hydrogens is 260 g/mol. The average Bonchev–Trinajstić information content (AvgIpc) is 2.58. The minimum absolute atomic E-state index is 0.676. The summed E-state index contributed by atoms with van der Waals surface area (Å²) in [5, 5.41) is 3.03. The summed E-state index contributed by atoms with van der Waals surface area (Å²) < 4.78 is 6.08. The van der Waals surface area contributed by atoms with Crippen LogP contribution >= 0.6 is 0 Å². The van der Waals surface area contributed by atoms with E-state index in [1.807, 2.05) is 6.26 Å². The van der Waals surface area contributed by atoms with Gasteiger partial charge in [-0.05, 0) is 61.8 Å². The first-order valence-corrected chi connectivity index (χ1v) is 9.52. The lowest BCUT2D eigenvalue weighted by Crippen LogP contribution is -2.12. The summed E-state index contributed by atoms with van der Waals surface area (Å²) in [4.78, 5) is 0. The maximum atomic E-state index is 6.08. The SMILES string of the molecule is Cc1coc2[si](CC(C)C)c(CC(C)C)c(C)c-2c1C. The Morgan fingerprint density at radius 1 is 1.00 bits per heavy atom. The van der Waals surface area contributed by atoms with Crippen molar-refractivity contribution in [3.05, 3.63) is 28.1 Å². The van der Waals surface area contributed by atoms with E-state index in [9.17, 15) is 0 Å². The number of fused-ring (bicyclic) bond motifs is 1. The molecule has 2 rings (SSSR count). The van der Waals surface area contributed by atoms with Crippen LogP contribution in [0.25, 0.3) is 10.9 Å². The number of aryl methyl sites for hydroxylation is 1. The van der Waals surface area contributed by atoms with Crippen LogP contribution in [0.3, 0.4) is 0 Å². The molecule has 0 amide bonds. The van der Waals surface area contributed by atoms with Gasteiger partial charge in [0.1, 0.15) is 5.37 Å². The number of rotatable bonds is 4. The van der Waals surface area contributed by atoms with E-state index in [1.165, 1.54) is 40.1 Å². The van der Waals surface area contributed by atoms with E-state index in [2.05, 4.69) is 48.5 Å². The third-order valence-electron chi connectivity index (χ3n) is 4.24. The molecule has 0 aliphatic carbocycles. The molecule has 0 unspecified atom stereocenters. The molecule has 0 aromatic heterocycles. The first-order chi connectivity index (χ1) is 9.32. The second kappa shape index (κ2) is 5.85. The fourth-order valence-electron chi connectivity index (χ4n) is 3.16. The van der Waals surface area contributed by atoms with E-state index in [4.69, 9.17) is 4.42 Å². The first-order valence-electron chi connectivity index (χ1n) is 7.81. The van der Waals surface area contributed by atoms with Crippen molar-refractivity contribution in [1.29, 1.82) is 0 Å². The van der Waals surface area contributed by atoms with E-state index in [1.54, 1.807) is 5.17 Å². The van der Waals surface area contributed by atoms with Crippen LogP contribution in [0, 0.1) is 32.6 Å². The van der Waals surface area contributed by atoms with E-state index in [0.717, 1.165) is 11.8 Å². The summed E-state index contributed by atoms with van der Waals surface area (Å²) in [7, 11) is -0.676.